The smallest absolute Gasteiger partial charge is 0.262 e. The van der Waals surface area contributed by atoms with Crippen LogP contribution in [-0.4, -0.2) is 9.55 Å². The van der Waals surface area contributed by atoms with E-state index in [0.717, 1.165) is 36.0 Å². The van der Waals surface area contributed by atoms with Crippen molar-refractivity contribution in [2.75, 3.05) is 0 Å². The molecule has 4 heteroatoms. The second-order valence-electron chi connectivity index (χ2n) is 5.34. The number of fused-ring (bicyclic) bond motifs is 3. The zero-order chi connectivity index (χ0) is 13.2. The predicted octanol–water partition coefficient (Wildman–Crippen LogP) is 3.53. The van der Waals surface area contributed by atoms with E-state index in [9.17, 15) is 4.79 Å². The molecule has 0 spiro atoms. The lowest BCUT2D eigenvalue weighted by molar-refractivity contribution is 0.584. The summed E-state index contributed by atoms with van der Waals surface area (Å²) in [4.78, 5) is 19.4. The molecule has 0 saturated heterocycles. The molecule has 0 aromatic carbocycles. The van der Waals surface area contributed by atoms with Crippen molar-refractivity contribution in [1.82, 2.24) is 9.55 Å². The summed E-state index contributed by atoms with van der Waals surface area (Å²) in [7, 11) is 0. The number of hydrogen-bond donors (Lipinski definition) is 0. The minimum Gasteiger partial charge on any atom is -0.299 e. The molecule has 1 aliphatic carbocycles. The fraction of sp³-hybridized carbons (Fsp3) is 0.600. The SMILES string of the molecule is CCCCCn1cnc2sc3c(c2c1=O)CCCC3. The number of aryl methyl sites for hydroxylation is 3. The lowest BCUT2D eigenvalue weighted by Gasteiger charge is -2.10. The standard InChI is InChI=1S/C15H20N2OS/c1-2-3-6-9-17-10-16-14-13(15(17)18)11-7-4-5-8-12(11)19-14/h10H,2-9H2,1H3. The minimum absolute atomic E-state index is 0.181. The van der Waals surface area contributed by atoms with E-state index in [-0.39, 0.29) is 5.56 Å². The van der Waals surface area contributed by atoms with Crippen LogP contribution in [0.3, 0.4) is 0 Å². The van der Waals surface area contributed by atoms with Gasteiger partial charge in [0.1, 0.15) is 4.83 Å². The maximum atomic E-state index is 12.6. The summed E-state index contributed by atoms with van der Waals surface area (Å²) >= 11 is 1.73. The molecule has 0 radical (unpaired) electrons. The molecule has 0 bridgehead atoms. The van der Waals surface area contributed by atoms with Gasteiger partial charge in [-0.1, -0.05) is 19.8 Å². The predicted molar refractivity (Wildman–Crippen MR) is 80.0 cm³/mol. The van der Waals surface area contributed by atoms with Crippen LogP contribution in [0.15, 0.2) is 11.1 Å². The maximum Gasteiger partial charge on any atom is 0.262 e. The number of thiophene rings is 1. The number of aromatic nitrogens is 2. The van der Waals surface area contributed by atoms with Crippen molar-refractivity contribution in [2.45, 2.75) is 58.4 Å². The van der Waals surface area contributed by atoms with E-state index < -0.39 is 0 Å². The molecule has 1 aliphatic rings. The van der Waals surface area contributed by atoms with E-state index in [0.29, 0.717) is 0 Å². The highest BCUT2D eigenvalue weighted by molar-refractivity contribution is 7.18. The van der Waals surface area contributed by atoms with Crippen LogP contribution in [0, 0.1) is 0 Å². The first kappa shape index (κ1) is 12.9. The lowest BCUT2D eigenvalue weighted by Crippen LogP contribution is -2.21. The van der Waals surface area contributed by atoms with Gasteiger partial charge in [0.15, 0.2) is 0 Å². The molecule has 0 atom stereocenters. The highest BCUT2D eigenvalue weighted by atomic mass is 32.1. The molecule has 3 rings (SSSR count). The number of hydrogen-bond acceptors (Lipinski definition) is 3. The van der Waals surface area contributed by atoms with E-state index >= 15 is 0 Å². The molecule has 19 heavy (non-hydrogen) atoms. The molecule has 0 aliphatic heterocycles. The molecule has 2 aromatic heterocycles. The summed E-state index contributed by atoms with van der Waals surface area (Å²) in [5, 5.41) is 0.915. The Hall–Kier alpha value is -1.16. The molecular formula is C15H20N2OS. The first-order valence-corrected chi connectivity index (χ1v) is 8.12. The Morgan fingerprint density at radius 1 is 1.32 bits per heavy atom. The first-order chi connectivity index (χ1) is 9.31. The third kappa shape index (κ3) is 2.34. The third-order valence-electron chi connectivity index (χ3n) is 3.94. The summed E-state index contributed by atoms with van der Waals surface area (Å²) in [6.07, 6.45) is 9.81. The van der Waals surface area contributed by atoms with Crippen molar-refractivity contribution in [2.24, 2.45) is 0 Å². The van der Waals surface area contributed by atoms with Crippen LogP contribution in [0.1, 0.15) is 49.5 Å². The second kappa shape index (κ2) is 5.45. The zero-order valence-electron chi connectivity index (χ0n) is 11.4. The van der Waals surface area contributed by atoms with Gasteiger partial charge >= 0.3 is 0 Å². The summed E-state index contributed by atoms with van der Waals surface area (Å²) in [5.41, 5.74) is 1.48. The number of nitrogens with zero attached hydrogens (tertiary/aromatic N) is 2. The molecule has 0 amide bonds. The van der Waals surface area contributed by atoms with Gasteiger partial charge in [-0.15, -0.1) is 11.3 Å². The Balaban J connectivity index is 2.03. The van der Waals surface area contributed by atoms with Gasteiger partial charge in [-0.25, -0.2) is 4.98 Å². The van der Waals surface area contributed by atoms with Crippen molar-refractivity contribution in [3.05, 3.63) is 27.1 Å². The van der Waals surface area contributed by atoms with E-state index in [1.54, 1.807) is 22.2 Å². The van der Waals surface area contributed by atoms with Crippen molar-refractivity contribution >= 4 is 21.6 Å². The van der Waals surface area contributed by atoms with Gasteiger partial charge in [0.25, 0.3) is 5.56 Å². The van der Waals surface area contributed by atoms with Gasteiger partial charge in [-0.3, -0.25) is 9.36 Å². The summed E-state index contributed by atoms with van der Waals surface area (Å²) in [6, 6.07) is 0. The Morgan fingerprint density at radius 3 is 3.00 bits per heavy atom. The molecule has 2 heterocycles. The van der Waals surface area contributed by atoms with Gasteiger partial charge < -0.3 is 0 Å². The molecule has 0 saturated carbocycles. The van der Waals surface area contributed by atoms with Gasteiger partial charge in [-0.05, 0) is 37.7 Å². The van der Waals surface area contributed by atoms with Crippen molar-refractivity contribution in [3.8, 4) is 0 Å². The Labute approximate surface area is 117 Å². The Morgan fingerprint density at radius 2 is 2.16 bits per heavy atom. The average molecular weight is 276 g/mol. The third-order valence-corrected chi connectivity index (χ3v) is 5.14. The van der Waals surface area contributed by atoms with Crippen LogP contribution in [0.25, 0.3) is 10.2 Å². The molecule has 102 valence electrons. The molecule has 2 aromatic rings. The minimum atomic E-state index is 0.181. The fourth-order valence-electron chi connectivity index (χ4n) is 2.87. The normalized spacial score (nSPS) is 14.8. The van der Waals surface area contributed by atoms with Crippen LogP contribution in [0.2, 0.25) is 0 Å². The highest BCUT2D eigenvalue weighted by Crippen LogP contribution is 2.33. The zero-order valence-corrected chi connectivity index (χ0v) is 12.3. The highest BCUT2D eigenvalue weighted by Gasteiger charge is 2.19. The van der Waals surface area contributed by atoms with E-state index in [4.69, 9.17) is 0 Å². The van der Waals surface area contributed by atoms with Crippen molar-refractivity contribution in [1.29, 1.82) is 0 Å². The molecule has 0 unspecified atom stereocenters. The fourth-order valence-corrected chi connectivity index (χ4v) is 4.09. The Bertz CT molecular complexity index is 641. The Kier molecular flexibility index (Phi) is 3.69. The maximum absolute atomic E-state index is 12.6. The van der Waals surface area contributed by atoms with Crippen LogP contribution in [0.5, 0.6) is 0 Å². The topological polar surface area (TPSA) is 34.9 Å². The molecule has 3 nitrogen and oxygen atoms in total. The van der Waals surface area contributed by atoms with Crippen LogP contribution >= 0.6 is 11.3 Å². The second-order valence-corrected chi connectivity index (χ2v) is 6.42. The summed E-state index contributed by atoms with van der Waals surface area (Å²) < 4.78 is 1.81. The van der Waals surface area contributed by atoms with Gasteiger partial charge in [0, 0.05) is 11.4 Å². The van der Waals surface area contributed by atoms with E-state index in [2.05, 4.69) is 11.9 Å². The van der Waals surface area contributed by atoms with Crippen molar-refractivity contribution in [3.63, 3.8) is 0 Å². The number of rotatable bonds is 4. The molecule has 0 N–H and O–H groups in total. The largest absolute Gasteiger partial charge is 0.299 e. The monoisotopic (exact) mass is 276 g/mol. The lowest BCUT2D eigenvalue weighted by atomic mass is 9.97. The van der Waals surface area contributed by atoms with Gasteiger partial charge in [0.05, 0.1) is 11.7 Å². The quantitative estimate of drug-likeness (QED) is 0.801. The molecular weight excluding hydrogens is 256 g/mol. The number of unbranched alkanes of at least 4 members (excludes halogenated alkanes) is 2. The summed E-state index contributed by atoms with van der Waals surface area (Å²) in [5.74, 6) is 0. The van der Waals surface area contributed by atoms with E-state index in [1.165, 1.54) is 36.1 Å². The van der Waals surface area contributed by atoms with Crippen molar-refractivity contribution < 1.29 is 0 Å². The van der Waals surface area contributed by atoms with E-state index in [1.807, 2.05) is 0 Å². The van der Waals surface area contributed by atoms with Crippen LogP contribution in [-0.2, 0) is 19.4 Å². The van der Waals surface area contributed by atoms with Crippen LogP contribution in [0.4, 0.5) is 0 Å². The summed E-state index contributed by atoms with van der Waals surface area (Å²) in [6.45, 7) is 2.99. The van der Waals surface area contributed by atoms with Gasteiger partial charge in [-0.2, -0.15) is 0 Å². The molecule has 0 fully saturated rings. The van der Waals surface area contributed by atoms with Gasteiger partial charge in [0.2, 0.25) is 0 Å². The average Bonchev–Trinajstić information content (AvgIpc) is 2.80. The van der Waals surface area contributed by atoms with Crippen LogP contribution < -0.4 is 5.56 Å². The first-order valence-electron chi connectivity index (χ1n) is 7.31.